The molecule has 0 saturated carbocycles. The van der Waals surface area contributed by atoms with Crippen LogP contribution in [0.15, 0.2) is 54.6 Å². The number of hydrogen-bond acceptors (Lipinski definition) is 3. The van der Waals surface area contributed by atoms with Crippen LogP contribution in [0.2, 0.25) is 0 Å². The standard InChI is InChI=1S/C20H13F3N2O2/c1-12-24-19-17-8-2-13(11-26)10-14(17)3-9-18(19)25(12)15-4-6-16(7-5-15)27-20(21,22)23/h2-11H,1H3. The Morgan fingerprint density at radius 3 is 2.44 bits per heavy atom. The van der Waals surface area contributed by atoms with E-state index in [1.54, 1.807) is 24.3 Å². The number of rotatable bonds is 3. The Labute approximate surface area is 151 Å². The van der Waals surface area contributed by atoms with E-state index in [2.05, 4.69) is 9.72 Å². The van der Waals surface area contributed by atoms with Crippen molar-refractivity contribution in [1.82, 2.24) is 9.55 Å². The molecule has 0 atom stereocenters. The molecule has 0 unspecified atom stereocenters. The highest BCUT2D eigenvalue weighted by atomic mass is 19.4. The summed E-state index contributed by atoms with van der Waals surface area (Å²) in [7, 11) is 0. The van der Waals surface area contributed by atoms with E-state index < -0.39 is 6.36 Å². The van der Waals surface area contributed by atoms with Crippen molar-refractivity contribution in [2.75, 3.05) is 0 Å². The number of aldehydes is 1. The van der Waals surface area contributed by atoms with Crippen molar-refractivity contribution in [3.63, 3.8) is 0 Å². The van der Waals surface area contributed by atoms with Gasteiger partial charge in [-0.1, -0.05) is 18.2 Å². The smallest absolute Gasteiger partial charge is 0.406 e. The zero-order chi connectivity index (χ0) is 19.2. The van der Waals surface area contributed by atoms with Gasteiger partial charge in [-0.05, 0) is 48.7 Å². The number of hydrogen-bond donors (Lipinski definition) is 0. The molecule has 0 bridgehead atoms. The molecule has 0 aliphatic rings. The highest BCUT2D eigenvalue weighted by Crippen LogP contribution is 2.30. The molecule has 0 radical (unpaired) electrons. The van der Waals surface area contributed by atoms with Crippen LogP contribution in [0.3, 0.4) is 0 Å². The number of aromatic nitrogens is 2. The van der Waals surface area contributed by atoms with Gasteiger partial charge in [-0.3, -0.25) is 9.36 Å². The van der Waals surface area contributed by atoms with Gasteiger partial charge in [-0.25, -0.2) is 4.98 Å². The second-order valence-electron chi connectivity index (χ2n) is 6.07. The summed E-state index contributed by atoms with van der Waals surface area (Å²) in [6.45, 7) is 1.83. The predicted octanol–water partition coefficient (Wildman–Crippen LogP) is 5.20. The summed E-state index contributed by atoms with van der Waals surface area (Å²) in [5, 5.41) is 1.79. The van der Waals surface area contributed by atoms with E-state index in [9.17, 15) is 18.0 Å². The van der Waals surface area contributed by atoms with E-state index in [0.717, 1.165) is 28.1 Å². The van der Waals surface area contributed by atoms with Crippen LogP contribution >= 0.6 is 0 Å². The van der Waals surface area contributed by atoms with Crippen LogP contribution in [0.1, 0.15) is 16.2 Å². The number of benzene rings is 3. The Bertz CT molecular complexity index is 1160. The SMILES string of the molecule is Cc1nc2c3ccc(C=O)cc3ccc2n1-c1ccc(OC(F)(F)F)cc1. The summed E-state index contributed by atoms with van der Waals surface area (Å²) in [5.74, 6) is 0.418. The number of fused-ring (bicyclic) bond motifs is 3. The number of carbonyl (C=O) groups excluding carboxylic acids is 1. The minimum atomic E-state index is -4.72. The molecule has 3 aromatic carbocycles. The molecule has 1 aromatic heterocycles. The molecule has 27 heavy (non-hydrogen) atoms. The van der Waals surface area contributed by atoms with Crippen molar-refractivity contribution in [3.05, 3.63) is 66.0 Å². The van der Waals surface area contributed by atoms with Gasteiger partial charge < -0.3 is 4.74 Å². The lowest BCUT2D eigenvalue weighted by molar-refractivity contribution is -0.274. The van der Waals surface area contributed by atoms with E-state index >= 15 is 0 Å². The molecule has 0 aliphatic carbocycles. The normalized spacial score (nSPS) is 11.9. The van der Waals surface area contributed by atoms with E-state index in [-0.39, 0.29) is 5.75 Å². The molecular weight excluding hydrogens is 357 g/mol. The molecule has 0 spiro atoms. The van der Waals surface area contributed by atoms with Crippen LogP contribution < -0.4 is 4.74 Å². The number of ether oxygens (including phenoxy) is 1. The maximum absolute atomic E-state index is 12.3. The van der Waals surface area contributed by atoms with Gasteiger partial charge in [-0.2, -0.15) is 0 Å². The minimum Gasteiger partial charge on any atom is -0.406 e. The average Bonchev–Trinajstić information content (AvgIpc) is 2.97. The topological polar surface area (TPSA) is 44.1 Å². The molecular formula is C20H13F3N2O2. The summed E-state index contributed by atoms with van der Waals surface area (Å²) in [5.41, 5.74) is 2.84. The van der Waals surface area contributed by atoms with E-state index in [1.807, 2.05) is 29.7 Å². The molecule has 4 nitrogen and oxygen atoms in total. The predicted molar refractivity (Wildman–Crippen MR) is 95.4 cm³/mol. The molecule has 0 N–H and O–H groups in total. The van der Waals surface area contributed by atoms with Gasteiger partial charge in [0.15, 0.2) is 0 Å². The Hall–Kier alpha value is -3.35. The lowest BCUT2D eigenvalue weighted by atomic mass is 10.1. The van der Waals surface area contributed by atoms with Crippen molar-refractivity contribution in [3.8, 4) is 11.4 Å². The summed E-state index contributed by atoms with van der Waals surface area (Å²) in [4.78, 5) is 15.6. The number of aryl methyl sites for hydroxylation is 1. The minimum absolute atomic E-state index is 0.278. The zero-order valence-electron chi connectivity index (χ0n) is 14.1. The quantitative estimate of drug-likeness (QED) is 0.466. The van der Waals surface area contributed by atoms with Crippen LogP contribution in [-0.4, -0.2) is 22.2 Å². The van der Waals surface area contributed by atoms with Crippen molar-refractivity contribution in [1.29, 1.82) is 0 Å². The van der Waals surface area contributed by atoms with E-state index in [0.29, 0.717) is 17.1 Å². The lowest BCUT2D eigenvalue weighted by Crippen LogP contribution is -2.17. The van der Waals surface area contributed by atoms with Gasteiger partial charge in [0.05, 0.1) is 11.0 Å². The largest absolute Gasteiger partial charge is 0.573 e. The van der Waals surface area contributed by atoms with Gasteiger partial charge in [0.1, 0.15) is 17.9 Å². The van der Waals surface area contributed by atoms with Gasteiger partial charge in [0.2, 0.25) is 0 Å². The third-order valence-corrected chi connectivity index (χ3v) is 4.30. The van der Waals surface area contributed by atoms with Gasteiger partial charge in [-0.15, -0.1) is 13.2 Å². The first-order valence-corrected chi connectivity index (χ1v) is 8.09. The van der Waals surface area contributed by atoms with Gasteiger partial charge in [0.25, 0.3) is 0 Å². The fourth-order valence-electron chi connectivity index (χ4n) is 3.20. The molecule has 1 heterocycles. The summed E-state index contributed by atoms with van der Waals surface area (Å²) in [6, 6.07) is 14.8. The molecule has 4 rings (SSSR count). The zero-order valence-corrected chi connectivity index (χ0v) is 14.1. The maximum Gasteiger partial charge on any atom is 0.573 e. The molecule has 0 fully saturated rings. The highest BCUT2D eigenvalue weighted by Gasteiger charge is 2.31. The summed E-state index contributed by atoms with van der Waals surface area (Å²) < 4.78 is 42.8. The summed E-state index contributed by atoms with van der Waals surface area (Å²) >= 11 is 0. The van der Waals surface area contributed by atoms with Crippen LogP contribution in [0, 0.1) is 6.92 Å². The molecule has 4 aromatic rings. The Kier molecular flexibility index (Phi) is 3.87. The first kappa shape index (κ1) is 17.1. The monoisotopic (exact) mass is 370 g/mol. The van der Waals surface area contributed by atoms with E-state index in [4.69, 9.17) is 0 Å². The third-order valence-electron chi connectivity index (χ3n) is 4.30. The lowest BCUT2D eigenvalue weighted by Gasteiger charge is -2.11. The molecule has 0 aliphatic heterocycles. The second-order valence-corrected chi connectivity index (χ2v) is 6.07. The van der Waals surface area contributed by atoms with E-state index in [1.165, 1.54) is 12.1 Å². The Balaban J connectivity index is 1.83. The van der Waals surface area contributed by atoms with Crippen molar-refractivity contribution >= 4 is 28.1 Å². The fourth-order valence-corrected chi connectivity index (χ4v) is 3.20. The molecule has 136 valence electrons. The summed E-state index contributed by atoms with van der Waals surface area (Å²) in [6.07, 6.45) is -3.93. The van der Waals surface area contributed by atoms with Crippen molar-refractivity contribution in [2.24, 2.45) is 0 Å². The number of halogens is 3. The average molecular weight is 370 g/mol. The number of alkyl halides is 3. The molecule has 0 saturated heterocycles. The van der Waals surface area contributed by atoms with Gasteiger partial charge >= 0.3 is 6.36 Å². The number of imidazole rings is 1. The van der Waals surface area contributed by atoms with Crippen LogP contribution in [0.4, 0.5) is 13.2 Å². The molecule has 0 amide bonds. The first-order chi connectivity index (χ1) is 12.9. The van der Waals surface area contributed by atoms with Crippen molar-refractivity contribution in [2.45, 2.75) is 13.3 Å². The maximum atomic E-state index is 12.3. The van der Waals surface area contributed by atoms with Gasteiger partial charge in [0, 0.05) is 16.6 Å². The third kappa shape index (κ3) is 3.12. The molecule has 7 heteroatoms. The highest BCUT2D eigenvalue weighted by molar-refractivity contribution is 6.06. The van der Waals surface area contributed by atoms with Crippen LogP contribution in [-0.2, 0) is 0 Å². The number of carbonyl (C=O) groups is 1. The van der Waals surface area contributed by atoms with Crippen molar-refractivity contribution < 1.29 is 22.7 Å². The Morgan fingerprint density at radius 2 is 1.78 bits per heavy atom. The number of nitrogens with zero attached hydrogens (tertiary/aromatic N) is 2. The Morgan fingerprint density at radius 1 is 1.04 bits per heavy atom. The fraction of sp³-hybridized carbons (Fsp3) is 0.100. The second kappa shape index (κ2) is 6.12. The van der Waals surface area contributed by atoms with Crippen LogP contribution in [0.5, 0.6) is 5.75 Å². The first-order valence-electron chi connectivity index (χ1n) is 8.09. The van der Waals surface area contributed by atoms with Crippen LogP contribution in [0.25, 0.3) is 27.5 Å².